The van der Waals surface area contributed by atoms with Gasteiger partial charge < -0.3 is 4.65 Å². The Morgan fingerprint density at radius 3 is 0.852 bits per heavy atom. The van der Waals surface area contributed by atoms with Crippen molar-refractivity contribution in [3.8, 4) is 0 Å². The molecule has 0 fully saturated rings. The van der Waals surface area contributed by atoms with Crippen LogP contribution in [0.5, 0.6) is 0 Å². The molecule has 2 nitrogen and oxygen atoms in total. The van der Waals surface area contributed by atoms with Gasteiger partial charge in [0.2, 0.25) is 0 Å². The molecule has 0 atom stereocenters. The summed E-state index contributed by atoms with van der Waals surface area (Å²) >= 11 is 9.53. The van der Waals surface area contributed by atoms with Gasteiger partial charge in [-0.25, -0.2) is 70.7 Å². The van der Waals surface area contributed by atoms with Crippen molar-refractivity contribution in [2.75, 3.05) is 11.5 Å². The minimum Gasteiger partial charge on any atom is -0.646 e. The maximum atomic E-state index is 16.3. The average molecular weight is 939 g/mol. The summed E-state index contributed by atoms with van der Waals surface area (Å²) in [6, 6.07) is 5.98. The van der Waals surface area contributed by atoms with Crippen molar-refractivity contribution in [2.24, 2.45) is 0 Å². The number of rotatable bonds is 8. The lowest BCUT2D eigenvalue weighted by Gasteiger charge is -2.45. The van der Waals surface area contributed by atoms with Gasteiger partial charge in [-0.2, -0.15) is 0 Å². The first-order chi connectivity index (χ1) is 28.3. The van der Waals surface area contributed by atoms with Gasteiger partial charge in [0.15, 0.2) is 59.6 Å². The fourth-order valence-electron chi connectivity index (χ4n) is 8.08. The summed E-state index contributed by atoms with van der Waals surface area (Å²) in [5.41, 5.74) is -9.20. The lowest BCUT2D eigenvalue weighted by Crippen LogP contribution is -2.75. The van der Waals surface area contributed by atoms with Crippen LogP contribution in [0.4, 0.5) is 70.7 Å². The highest BCUT2D eigenvalue weighted by atomic mass is 35.5. The van der Waals surface area contributed by atoms with Crippen molar-refractivity contribution < 1.29 is 75.3 Å². The Hall–Kier alpha value is -4.41. The Morgan fingerprint density at radius 1 is 0.459 bits per heavy atom. The summed E-state index contributed by atoms with van der Waals surface area (Å²) in [4.78, 5) is 15.5. The number of carbonyl (C=O) groups is 1. The Morgan fingerprint density at radius 2 is 0.656 bits per heavy atom. The third-order valence-electron chi connectivity index (χ3n) is 10.0. The van der Waals surface area contributed by atoms with E-state index >= 15 is 57.5 Å². The third kappa shape index (κ3) is 7.74. The molecule has 0 heterocycles. The average Bonchev–Trinajstić information content (AvgIpc) is 3.18. The maximum Gasteiger partial charge on any atom is 0.415 e. The summed E-state index contributed by atoms with van der Waals surface area (Å²) in [5, 5.41) is 0.162. The van der Waals surface area contributed by atoms with Crippen molar-refractivity contribution in [3.05, 3.63) is 145 Å². The predicted molar refractivity (Wildman–Crippen MR) is 204 cm³/mol. The zero-order chi connectivity index (χ0) is 46.5. The topological polar surface area (TPSA) is 26.3 Å². The van der Waals surface area contributed by atoms with Gasteiger partial charge >= 0.3 is 5.71 Å². The van der Waals surface area contributed by atoms with E-state index in [4.69, 9.17) is 27.9 Å². The summed E-state index contributed by atoms with van der Waals surface area (Å²) in [7, 11) is -4.48. The van der Waals surface area contributed by atoms with Crippen LogP contribution < -0.4 is 27.0 Å². The highest BCUT2D eigenvalue weighted by Gasteiger charge is 2.59. The van der Waals surface area contributed by atoms with Gasteiger partial charge in [-0.1, -0.05) is 51.8 Å². The molecular formula is C40H29BCl2F15O2P. The Balaban J connectivity index is 0.00000265. The Labute approximate surface area is 348 Å². The number of aryl methyl sites for hydroxylation is 6. The number of alkyl halides is 2. The molecule has 5 aromatic rings. The molecule has 0 aliphatic heterocycles. The lowest BCUT2D eigenvalue weighted by atomic mass is 9.27. The zero-order valence-electron chi connectivity index (χ0n) is 32.5. The first-order valence-electron chi connectivity index (χ1n) is 17.4. The lowest BCUT2D eigenvalue weighted by molar-refractivity contribution is 0.225. The number of carbonyl (C=O) groups excluding carboxylic acids is 1. The van der Waals surface area contributed by atoms with Crippen molar-refractivity contribution >= 4 is 69.5 Å². The Bertz CT molecular complexity index is 2270. The number of benzene rings is 5. The molecule has 0 saturated carbocycles. The van der Waals surface area contributed by atoms with Crippen molar-refractivity contribution in [2.45, 2.75) is 48.5 Å². The van der Waals surface area contributed by atoms with Crippen molar-refractivity contribution in [1.82, 2.24) is 0 Å². The van der Waals surface area contributed by atoms with E-state index in [0.29, 0.717) is 11.1 Å². The molecular weight excluding hydrogens is 910 g/mol. The van der Waals surface area contributed by atoms with E-state index in [1.807, 2.05) is 0 Å². The normalized spacial score (nSPS) is 11.8. The molecule has 21 heteroatoms. The van der Waals surface area contributed by atoms with Crippen LogP contribution in [0.3, 0.4) is 0 Å². The molecule has 0 bridgehead atoms. The summed E-state index contributed by atoms with van der Waals surface area (Å²) < 4.78 is 238. The summed E-state index contributed by atoms with van der Waals surface area (Å²) in [5.74, 6) is -48.1. The van der Waals surface area contributed by atoms with Gasteiger partial charge in [0.25, 0.3) is 6.35 Å². The molecule has 5 aromatic carbocycles. The quantitative estimate of drug-likeness (QED) is 0.0387. The fourth-order valence-corrected chi connectivity index (χ4v) is 12.6. The van der Waals surface area contributed by atoms with Crippen LogP contribution in [-0.4, -0.2) is 23.6 Å². The van der Waals surface area contributed by atoms with E-state index in [2.05, 4.69) is 0 Å². The smallest absolute Gasteiger partial charge is 0.415 e. The van der Waals surface area contributed by atoms with Gasteiger partial charge in [0.05, 0.1) is 11.5 Å². The van der Waals surface area contributed by atoms with E-state index in [9.17, 15) is 13.2 Å². The molecule has 0 aliphatic rings. The van der Waals surface area contributed by atoms with Crippen LogP contribution in [0.2, 0.25) is 0 Å². The molecule has 0 unspecified atom stereocenters. The molecule has 5 rings (SSSR count). The Kier molecular flexibility index (Phi) is 14.6. The van der Waals surface area contributed by atoms with Gasteiger partial charge in [-0.15, -0.1) is 23.2 Å². The summed E-state index contributed by atoms with van der Waals surface area (Å²) in [6.45, 7) is 10.2. The van der Waals surface area contributed by atoms with E-state index in [-0.39, 0.29) is 38.2 Å². The first kappa shape index (κ1) is 49.3. The molecule has 0 spiro atoms. The first-order valence-corrected chi connectivity index (χ1v) is 20.4. The molecule has 0 aliphatic carbocycles. The summed E-state index contributed by atoms with van der Waals surface area (Å²) in [6.07, 6.45) is -7.14. The number of halogens is 17. The second kappa shape index (κ2) is 18.1. The number of hydrogen-bond acceptors (Lipinski definition) is 2. The molecule has 61 heavy (non-hydrogen) atoms. The van der Waals surface area contributed by atoms with Gasteiger partial charge in [0.1, 0.15) is 45.5 Å². The van der Waals surface area contributed by atoms with Crippen LogP contribution in [0.25, 0.3) is 0 Å². The highest BCUT2D eigenvalue weighted by Crippen LogP contribution is 2.61. The van der Waals surface area contributed by atoms with Crippen molar-refractivity contribution in [1.29, 1.82) is 0 Å². The predicted octanol–water partition coefficient (Wildman–Crippen LogP) is 10.8. The molecule has 0 saturated heterocycles. The molecule has 0 radical (unpaired) electrons. The molecule has 0 aromatic heterocycles. The standard InChI is InChI=1S/C39H27BF15O2P.CH2Cl2/c1-8-58(37-15(4)9-13(2)10-16(37)5,38-17(6)11-14(3)12-18(38)7)39(56)57-40(19-22(41)28(47)34(53)29(48)23(19)42,20-24(43)30(49)35(54)31(50)25(20)44)21-26(45)32(51)36(55)33(52)27(21)46;2-1-3/h9-12H,8H2,1-7H3;1H2. The van der Waals surface area contributed by atoms with Gasteiger partial charge in [0, 0.05) is 0 Å². The van der Waals surface area contributed by atoms with Gasteiger partial charge in [-0.3, -0.25) is 0 Å². The monoisotopic (exact) mass is 938 g/mol. The van der Waals surface area contributed by atoms with Crippen LogP contribution >= 0.6 is 30.5 Å². The SMILES string of the molecule is CC[P+](C(=O)O[B-](c1c(F)c(F)c(F)c(F)c1F)(c1c(F)c(F)c(F)c(F)c1F)c1c(F)c(F)c(F)c(F)c1F)(c1c(C)cc(C)cc1C)c1c(C)cc(C)cc1C.ClCCl. The fraction of sp³-hybridized carbons (Fsp3) is 0.225. The third-order valence-corrected chi connectivity index (χ3v) is 14.7. The minimum absolute atomic E-state index is 0.0161. The van der Waals surface area contributed by atoms with E-state index in [1.165, 1.54) is 58.9 Å². The number of hydrogen-bond donors (Lipinski definition) is 0. The maximum absolute atomic E-state index is 16.3. The van der Waals surface area contributed by atoms with Crippen LogP contribution in [-0.2, 0) is 4.65 Å². The van der Waals surface area contributed by atoms with Crippen LogP contribution in [0.1, 0.15) is 40.3 Å². The largest absolute Gasteiger partial charge is 0.646 e. The zero-order valence-corrected chi connectivity index (χ0v) is 34.9. The van der Waals surface area contributed by atoms with Crippen LogP contribution in [0.15, 0.2) is 24.3 Å². The molecule has 328 valence electrons. The van der Waals surface area contributed by atoms with Crippen molar-refractivity contribution in [3.63, 3.8) is 0 Å². The van der Waals surface area contributed by atoms with E-state index in [1.54, 1.807) is 13.8 Å². The van der Waals surface area contributed by atoms with E-state index < -0.39 is 129 Å². The molecule has 0 amide bonds. The van der Waals surface area contributed by atoms with Crippen LogP contribution in [0, 0.1) is 129 Å². The second-order valence-electron chi connectivity index (χ2n) is 13.8. The second-order valence-corrected chi connectivity index (χ2v) is 18.2. The van der Waals surface area contributed by atoms with E-state index in [0.717, 1.165) is 0 Å². The molecule has 0 N–H and O–H groups in total. The minimum atomic E-state index is -6.61. The van der Waals surface area contributed by atoms with Gasteiger partial charge in [-0.05, 0) is 70.7 Å². The highest BCUT2D eigenvalue weighted by molar-refractivity contribution is 8.02.